The number of para-hydroxylation sites is 1. The van der Waals surface area contributed by atoms with E-state index >= 15 is 0 Å². The van der Waals surface area contributed by atoms with Gasteiger partial charge in [-0.2, -0.15) is 0 Å². The fourth-order valence-corrected chi connectivity index (χ4v) is 2.89. The summed E-state index contributed by atoms with van der Waals surface area (Å²) in [5.74, 6) is 2.78. The zero-order valence-corrected chi connectivity index (χ0v) is 18.1. The van der Waals surface area contributed by atoms with Crippen molar-refractivity contribution < 1.29 is 0 Å². The molecule has 3 aromatic carbocycles. The molecule has 3 aromatic rings. The molecular weight excluding hydrogens is 370 g/mol. The molecule has 0 spiro atoms. The van der Waals surface area contributed by atoms with Crippen LogP contribution in [0.5, 0.6) is 0 Å². The van der Waals surface area contributed by atoms with E-state index < -0.39 is 0 Å². The molecule has 0 fully saturated rings. The highest BCUT2D eigenvalue weighted by Gasteiger charge is 2.12. The predicted octanol–water partition coefficient (Wildman–Crippen LogP) is 7.90. The highest BCUT2D eigenvalue weighted by Crippen LogP contribution is 2.31. The number of hydrogen-bond acceptors (Lipinski definition) is 2. The van der Waals surface area contributed by atoms with E-state index in [9.17, 15) is 0 Å². The van der Waals surface area contributed by atoms with E-state index in [1.54, 1.807) is 0 Å². The molecule has 0 aliphatic rings. The smallest absolute Gasteiger partial charge is 0.0923 e. The molecule has 29 heavy (non-hydrogen) atoms. The van der Waals surface area contributed by atoms with Gasteiger partial charge in [0.1, 0.15) is 0 Å². The normalized spacial score (nSPS) is 10.8. The van der Waals surface area contributed by atoms with Crippen LogP contribution in [-0.4, -0.2) is 0 Å². The summed E-state index contributed by atoms with van der Waals surface area (Å²) >= 11 is 4.34. The van der Waals surface area contributed by atoms with Gasteiger partial charge >= 0.3 is 0 Å². The summed E-state index contributed by atoms with van der Waals surface area (Å²) in [5, 5.41) is 0. The second-order valence-corrected chi connectivity index (χ2v) is 6.77. The third kappa shape index (κ3) is 6.17. The number of benzene rings is 3. The quantitative estimate of drug-likeness (QED) is 0.266. The van der Waals surface area contributed by atoms with Crippen molar-refractivity contribution in [2.24, 2.45) is 0 Å². The number of rotatable bonds is 4. The van der Waals surface area contributed by atoms with Gasteiger partial charge in [-0.1, -0.05) is 66.6 Å². The zero-order chi connectivity index (χ0) is 21.1. The highest BCUT2D eigenvalue weighted by atomic mass is 32.1. The number of terminal acetylenes is 1. The van der Waals surface area contributed by atoms with Crippen LogP contribution in [0, 0.1) is 12.3 Å². The number of thiol groups is 1. The summed E-state index contributed by atoms with van der Waals surface area (Å²) in [4.78, 5) is 3.04. The number of nitrogens with zero attached hydrogens (tertiary/aromatic N) is 1. The molecule has 0 aliphatic carbocycles. The number of allylic oxidation sites excluding steroid dienone is 4. The number of hydrogen-bond donors (Lipinski definition) is 1. The fourth-order valence-electron chi connectivity index (χ4n) is 2.74. The lowest BCUT2D eigenvalue weighted by molar-refractivity contribution is 1.22. The molecule has 3 rings (SSSR count). The van der Waals surface area contributed by atoms with Crippen molar-refractivity contribution in [2.45, 2.75) is 25.7 Å². The third-order valence-electron chi connectivity index (χ3n) is 4.34. The van der Waals surface area contributed by atoms with E-state index in [0.29, 0.717) is 0 Å². The Hall–Kier alpha value is -3.15. The van der Waals surface area contributed by atoms with Crippen molar-refractivity contribution in [3.05, 3.63) is 103 Å². The first-order valence-corrected chi connectivity index (χ1v) is 10.0. The van der Waals surface area contributed by atoms with Gasteiger partial charge in [0.2, 0.25) is 0 Å². The van der Waals surface area contributed by atoms with Gasteiger partial charge in [-0.25, -0.2) is 0 Å². The Bertz CT molecular complexity index is 971. The SMILES string of the molecule is C#C/C(=C\C)N(c1ccccc1)c1ccc(-c2ccc(S)cc2)cc1.C/C=C\C. The minimum absolute atomic E-state index is 0.818. The Kier molecular flexibility index (Phi) is 8.89. The van der Waals surface area contributed by atoms with Crippen LogP contribution in [0.15, 0.2) is 108 Å². The van der Waals surface area contributed by atoms with E-state index in [1.807, 2.05) is 69.3 Å². The first-order chi connectivity index (χ1) is 14.1. The molecule has 0 heterocycles. The van der Waals surface area contributed by atoms with Crippen molar-refractivity contribution in [3.63, 3.8) is 0 Å². The minimum Gasteiger partial charge on any atom is -0.304 e. The summed E-state index contributed by atoms with van der Waals surface area (Å²) in [6, 6.07) is 26.7. The van der Waals surface area contributed by atoms with Crippen LogP contribution < -0.4 is 4.90 Å². The summed E-state index contributed by atoms with van der Waals surface area (Å²) in [5.41, 5.74) is 5.22. The lowest BCUT2D eigenvalue weighted by atomic mass is 10.0. The molecule has 2 heteroatoms. The van der Waals surface area contributed by atoms with Crippen molar-refractivity contribution >= 4 is 24.0 Å². The van der Waals surface area contributed by atoms with Crippen LogP contribution >= 0.6 is 12.6 Å². The zero-order valence-electron chi connectivity index (χ0n) is 17.2. The van der Waals surface area contributed by atoms with E-state index in [4.69, 9.17) is 6.42 Å². The molecule has 0 saturated carbocycles. The van der Waals surface area contributed by atoms with Gasteiger partial charge in [0, 0.05) is 16.3 Å². The van der Waals surface area contributed by atoms with Crippen molar-refractivity contribution in [2.75, 3.05) is 4.90 Å². The molecular formula is C27H27NS. The van der Waals surface area contributed by atoms with E-state index in [0.717, 1.165) is 27.5 Å². The predicted molar refractivity (Wildman–Crippen MR) is 131 cm³/mol. The molecule has 0 N–H and O–H groups in total. The largest absolute Gasteiger partial charge is 0.304 e. The molecule has 0 radical (unpaired) electrons. The lowest BCUT2D eigenvalue weighted by Crippen LogP contribution is -2.15. The van der Waals surface area contributed by atoms with Crippen LogP contribution in [0.3, 0.4) is 0 Å². The first kappa shape index (κ1) is 22.1. The average molecular weight is 398 g/mol. The molecule has 1 nitrogen and oxygen atoms in total. The second kappa shape index (κ2) is 11.6. The molecule has 0 aromatic heterocycles. The van der Waals surface area contributed by atoms with Gasteiger partial charge in [-0.05, 0) is 68.3 Å². The van der Waals surface area contributed by atoms with Crippen LogP contribution in [0.25, 0.3) is 11.1 Å². The Balaban J connectivity index is 0.000000687. The molecule has 146 valence electrons. The maximum atomic E-state index is 5.73. The lowest BCUT2D eigenvalue weighted by Gasteiger charge is -2.25. The van der Waals surface area contributed by atoms with Crippen molar-refractivity contribution in [3.8, 4) is 23.5 Å². The van der Waals surface area contributed by atoms with Crippen molar-refractivity contribution in [1.82, 2.24) is 0 Å². The van der Waals surface area contributed by atoms with Gasteiger partial charge in [0.15, 0.2) is 0 Å². The maximum absolute atomic E-state index is 5.73. The summed E-state index contributed by atoms with van der Waals surface area (Å²) in [7, 11) is 0. The third-order valence-corrected chi connectivity index (χ3v) is 4.63. The van der Waals surface area contributed by atoms with Crippen LogP contribution in [0.4, 0.5) is 11.4 Å². The molecule has 0 amide bonds. The fraction of sp³-hybridized carbons (Fsp3) is 0.111. The topological polar surface area (TPSA) is 3.24 Å². The van der Waals surface area contributed by atoms with Crippen molar-refractivity contribution in [1.29, 1.82) is 0 Å². The van der Waals surface area contributed by atoms with E-state index in [1.165, 1.54) is 5.56 Å². The van der Waals surface area contributed by atoms with Crippen LogP contribution in [-0.2, 0) is 0 Å². The molecule has 0 bridgehead atoms. The Morgan fingerprint density at radius 2 is 1.24 bits per heavy atom. The molecule has 0 aliphatic heterocycles. The van der Waals surface area contributed by atoms with Gasteiger partial charge < -0.3 is 4.90 Å². The van der Waals surface area contributed by atoms with Gasteiger partial charge in [-0.3, -0.25) is 0 Å². The first-order valence-electron chi connectivity index (χ1n) is 9.59. The number of anilines is 2. The van der Waals surface area contributed by atoms with Crippen LogP contribution in [0.1, 0.15) is 20.8 Å². The van der Waals surface area contributed by atoms with Crippen LogP contribution in [0.2, 0.25) is 0 Å². The molecule has 0 unspecified atom stereocenters. The second-order valence-electron chi connectivity index (χ2n) is 6.25. The minimum atomic E-state index is 0.818. The average Bonchev–Trinajstić information content (AvgIpc) is 2.79. The van der Waals surface area contributed by atoms with Gasteiger partial charge in [0.25, 0.3) is 0 Å². The monoisotopic (exact) mass is 397 g/mol. The van der Waals surface area contributed by atoms with E-state index in [2.05, 4.69) is 72.0 Å². The summed E-state index contributed by atoms with van der Waals surface area (Å²) in [6.45, 7) is 5.96. The maximum Gasteiger partial charge on any atom is 0.0923 e. The Labute approximate surface area is 180 Å². The summed E-state index contributed by atoms with van der Waals surface area (Å²) < 4.78 is 0. The highest BCUT2D eigenvalue weighted by molar-refractivity contribution is 7.80. The standard InChI is InChI=1S/C23H19NS.C4H8/c1-3-20(4-2)24(21-8-6-5-7-9-21)22-14-10-18(11-15-22)19-12-16-23(25)17-13-19;1-3-4-2/h1,4-17,25H,2H3;3-4H,1-2H3/b20-4+;4-3-. The molecule has 0 atom stereocenters. The molecule has 0 saturated heterocycles. The van der Waals surface area contributed by atoms with E-state index in [-0.39, 0.29) is 0 Å². The Morgan fingerprint density at radius 1 is 0.759 bits per heavy atom. The van der Waals surface area contributed by atoms with Gasteiger partial charge in [-0.15, -0.1) is 19.1 Å². The summed E-state index contributed by atoms with van der Waals surface area (Å²) in [6.07, 6.45) is 11.7. The Morgan fingerprint density at radius 3 is 1.69 bits per heavy atom. The van der Waals surface area contributed by atoms with Gasteiger partial charge in [0.05, 0.1) is 5.70 Å².